The average molecular weight is 362 g/mol. The predicted octanol–water partition coefficient (Wildman–Crippen LogP) is -0.0923. The molecule has 0 rings (SSSR count). The molecule has 0 aliphatic carbocycles. The van der Waals surface area contributed by atoms with Crippen molar-refractivity contribution in [2.75, 3.05) is 13.2 Å². The Balaban J connectivity index is 5.56. The zero-order valence-corrected chi connectivity index (χ0v) is 14.7. The van der Waals surface area contributed by atoms with Gasteiger partial charge in [0.2, 0.25) is 0 Å². The lowest BCUT2D eigenvalue weighted by atomic mass is 10.1. The Kier molecular flexibility index (Phi) is 9.83. The third-order valence-electron chi connectivity index (χ3n) is 2.57. The van der Waals surface area contributed by atoms with Crippen molar-refractivity contribution in [3.05, 3.63) is 0 Å². The van der Waals surface area contributed by atoms with Crippen molar-refractivity contribution in [2.24, 2.45) is 0 Å². The standard InChI is InChI=1S/C15H22O10/c1-8(16)21-6-13(23-10(3)18)15(25-12(5)20)14(24-11(4)19)7-22-9(2)17/h13-15H,6-7H2,1-5H3/t13-,14-/m0/s1. The lowest BCUT2D eigenvalue weighted by Gasteiger charge is -2.31. The van der Waals surface area contributed by atoms with E-state index in [0.717, 1.165) is 34.6 Å². The Bertz CT molecular complexity index is 474. The minimum atomic E-state index is -1.36. The summed E-state index contributed by atoms with van der Waals surface area (Å²) >= 11 is 0. The summed E-state index contributed by atoms with van der Waals surface area (Å²) in [4.78, 5) is 56.0. The zero-order valence-electron chi connectivity index (χ0n) is 14.7. The molecule has 0 N–H and O–H groups in total. The van der Waals surface area contributed by atoms with Crippen LogP contribution in [0.15, 0.2) is 0 Å². The molecular formula is C15H22O10. The Morgan fingerprint density at radius 3 is 1.12 bits per heavy atom. The van der Waals surface area contributed by atoms with Gasteiger partial charge < -0.3 is 23.7 Å². The Hall–Kier alpha value is -2.65. The highest BCUT2D eigenvalue weighted by atomic mass is 16.6. The number of ether oxygens (including phenoxy) is 5. The second-order valence-corrected chi connectivity index (χ2v) is 4.97. The predicted molar refractivity (Wildman–Crippen MR) is 79.9 cm³/mol. The monoisotopic (exact) mass is 362 g/mol. The molecule has 0 aromatic rings. The summed E-state index contributed by atoms with van der Waals surface area (Å²) in [5, 5.41) is 0. The first-order valence-corrected chi connectivity index (χ1v) is 7.31. The molecule has 0 radical (unpaired) electrons. The second kappa shape index (κ2) is 11.0. The molecule has 10 heteroatoms. The van der Waals surface area contributed by atoms with Gasteiger partial charge in [0.1, 0.15) is 13.2 Å². The van der Waals surface area contributed by atoms with Crippen molar-refractivity contribution < 1.29 is 47.7 Å². The molecule has 0 saturated heterocycles. The zero-order chi connectivity index (χ0) is 19.6. The second-order valence-electron chi connectivity index (χ2n) is 4.97. The molecule has 0 aromatic heterocycles. The SMILES string of the molecule is CC(=O)OC[C@H](OC(C)=O)C(OC(C)=O)[C@H](COC(C)=O)OC(C)=O. The fourth-order valence-electron chi connectivity index (χ4n) is 1.80. The van der Waals surface area contributed by atoms with Crippen molar-refractivity contribution >= 4 is 29.8 Å². The van der Waals surface area contributed by atoms with E-state index in [-0.39, 0.29) is 0 Å². The van der Waals surface area contributed by atoms with Gasteiger partial charge in [-0.1, -0.05) is 0 Å². The van der Waals surface area contributed by atoms with Crippen molar-refractivity contribution in [1.82, 2.24) is 0 Å². The molecule has 0 spiro atoms. The van der Waals surface area contributed by atoms with E-state index in [9.17, 15) is 24.0 Å². The fraction of sp³-hybridized carbons (Fsp3) is 0.667. The summed E-state index contributed by atoms with van der Waals surface area (Å²) in [5.74, 6) is -3.60. The van der Waals surface area contributed by atoms with Crippen LogP contribution in [0.25, 0.3) is 0 Å². The van der Waals surface area contributed by atoms with Crippen LogP contribution in [0.4, 0.5) is 0 Å². The quantitative estimate of drug-likeness (QED) is 0.405. The maximum absolute atomic E-state index is 11.4. The van der Waals surface area contributed by atoms with Crippen LogP contribution in [-0.2, 0) is 47.7 Å². The van der Waals surface area contributed by atoms with Crippen LogP contribution >= 0.6 is 0 Å². The van der Waals surface area contributed by atoms with E-state index in [1.54, 1.807) is 0 Å². The molecule has 25 heavy (non-hydrogen) atoms. The van der Waals surface area contributed by atoms with Gasteiger partial charge in [0.05, 0.1) is 0 Å². The smallest absolute Gasteiger partial charge is 0.303 e. The van der Waals surface area contributed by atoms with Gasteiger partial charge >= 0.3 is 29.8 Å². The largest absolute Gasteiger partial charge is 0.462 e. The van der Waals surface area contributed by atoms with E-state index < -0.39 is 61.4 Å². The first-order valence-electron chi connectivity index (χ1n) is 7.31. The number of carbonyl (C=O) groups is 5. The van der Waals surface area contributed by atoms with Gasteiger partial charge in [-0.05, 0) is 0 Å². The van der Waals surface area contributed by atoms with E-state index >= 15 is 0 Å². The van der Waals surface area contributed by atoms with E-state index in [0.29, 0.717) is 0 Å². The van der Waals surface area contributed by atoms with E-state index in [1.807, 2.05) is 0 Å². The Labute approximate surface area is 144 Å². The first kappa shape index (κ1) is 22.4. The van der Waals surface area contributed by atoms with Crippen LogP contribution < -0.4 is 0 Å². The highest BCUT2D eigenvalue weighted by molar-refractivity contribution is 5.69. The summed E-state index contributed by atoms with van der Waals surface area (Å²) in [6.07, 6.45) is -3.90. The van der Waals surface area contributed by atoms with E-state index in [1.165, 1.54) is 0 Å². The summed E-state index contributed by atoms with van der Waals surface area (Å²) in [6, 6.07) is 0. The topological polar surface area (TPSA) is 132 Å². The van der Waals surface area contributed by atoms with Crippen molar-refractivity contribution in [3.8, 4) is 0 Å². The van der Waals surface area contributed by atoms with Gasteiger partial charge in [0.25, 0.3) is 0 Å². The number of rotatable bonds is 9. The van der Waals surface area contributed by atoms with Crippen LogP contribution in [0, 0.1) is 0 Å². The fourth-order valence-corrected chi connectivity index (χ4v) is 1.80. The molecule has 0 fully saturated rings. The lowest BCUT2D eigenvalue weighted by Crippen LogP contribution is -2.49. The first-order chi connectivity index (χ1) is 11.5. The number of hydrogen-bond donors (Lipinski definition) is 0. The highest BCUT2D eigenvalue weighted by Crippen LogP contribution is 2.16. The van der Waals surface area contributed by atoms with Gasteiger partial charge in [0, 0.05) is 34.6 Å². The molecule has 0 unspecified atom stereocenters. The van der Waals surface area contributed by atoms with Crippen LogP contribution in [-0.4, -0.2) is 61.4 Å². The number of carbonyl (C=O) groups excluding carboxylic acids is 5. The van der Waals surface area contributed by atoms with Gasteiger partial charge in [-0.25, -0.2) is 0 Å². The molecule has 0 aliphatic rings. The molecule has 2 atom stereocenters. The molecule has 0 heterocycles. The lowest BCUT2D eigenvalue weighted by molar-refractivity contribution is -0.194. The summed E-state index contributed by atoms with van der Waals surface area (Å²) < 4.78 is 24.7. The van der Waals surface area contributed by atoms with Crippen molar-refractivity contribution in [1.29, 1.82) is 0 Å². The average Bonchev–Trinajstić information content (AvgIpc) is 2.44. The molecule has 0 amide bonds. The molecule has 10 nitrogen and oxygen atoms in total. The molecular weight excluding hydrogens is 340 g/mol. The maximum atomic E-state index is 11.4. The molecule has 0 aromatic carbocycles. The Morgan fingerprint density at radius 1 is 0.560 bits per heavy atom. The molecule has 0 bridgehead atoms. The number of hydrogen-bond acceptors (Lipinski definition) is 10. The minimum Gasteiger partial charge on any atom is -0.462 e. The van der Waals surface area contributed by atoms with Gasteiger partial charge in [-0.15, -0.1) is 0 Å². The Morgan fingerprint density at radius 2 is 0.880 bits per heavy atom. The van der Waals surface area contributed by atoms with Crippen molar-refractivity contribution in [3.63, 3.8) is 0 Å². The molecule has 142 valence electrons. The summed E-state index contributed by atoms with van der Waals surface area (Å²) in [7, 11) is 0. The van der Waals surface area contributed by atoms with Crippen LogP contribution in [0.2, 0.25) is 0 Å². The van der Waals surface area contributed by atoms with Crippen LogP contribution in [0.3, 0.4) is 0 Å². The molecule has 0 aliphatic heterocycles. The van der Waals surface area contributed by atoms with E-state index in [4.69, 9.17) is 23.7 Å². The van der Waals surface area contributed by atoms with Gasteiger partial charge in [0.15, 0.2) is 18.3 Å². The van der Waals surface area contributed by atoms with Crippen LogP contribution in [0.5, 0.6) is 0 Å². The number of esters is 5. The van der Waals surface area contributed by atoms with Crippen molar-refractivity contribution in [2.45, 2.75) is 52.9 Å². The van der Waals surface area contributed by atoms with E-state index in [2.05, 4.69) is 0 Å². The normalized spacial score (nSPS) is 12.6. The third-order valence-corrected chi connectivity index (χ3v) is 2.57. The maximum Gasteiger partial charge on any atom is 0.303 e. The third kappa shape index (κ3) is 10.7. The summed E-state index contributed by atoms with van der Waals surface area (Å²) in [5.41, 5.74) is 0. The van der Waals surface area contributed by atoms with Gasteiger partial charge in [-0.3, -0.25) is 24.0 Å². The van der Waals surface area contributed by atoms with Crippen LogP contribution in [0.1, 0.15) is 34.6 Å². The summed E-state index contributed by atoms with van der Waals surface area (Å²) in [6.45, 7) is 4.63. The highest BCUT2D eigenvalue weighted by Gasteiger charge is 2.38. The minimum absolute atomic E-state index is 0.454. The molecule has 0 saturated carbocycles. The van der Waals surface area contributed by atoms with Gasteiger partial charge in [-0.2, -0.15) is 0 Å².